The summed E-state index contributed by atoms with van der Waals surface area (Å²) in [5.41, 5.74) is 5.67. The zero-order chi connectivity index (χ0) is 9.10. The number of ether oxygens (including phenoxy) is 1. The summed E-state index contributed by atoms with van der Waals surface area (Å²) >= 11 is 1.59. The lowest BCUT2D eigenvalue weighted by atomic mass is 9.97. The number of rotatable bonds is 3. The molecule has 72 valence electrons. The molecule has 1 aliphatic rings. The monoisotopic (exact) mass is 199 g/mol. The molecule has 0 saturated carbocycles. The quantitative estimate of drug-likeness (QED) is 0.555. The summed E-state index contributed by atoms with van der Waals surface area (Å²) in [7, 11) is 0. The van der Waals surface area contributed by atoms with E-state index in [2.05, 4.69) is 10.4 Å². The SMILES string of the molecule is NNC(c1cscn1)C1CCOC1. The van der Waals surface area contributed by atoms with Gasteiger partial charge in [0.25, 0.3) is 0 Å². The summed E-state index contributed by atoms with van der Waals surface area (Å²) in [5, 5.41) is 2.03. The van der Waals surface area contributed by atoms with Gasteiger partial charge in [-0.25, -0.2) is 4.98 Å². The number of hydrogen-bond acceptors (Lipinski definition) is 5. The number of nitrogens with one attached hydrogen (secondary N) is 1. The van der Waals surface area contributed by atoms with Crippen LogP contribution in [0.4, 0.5) is 0 Å². The molecule has 0 radical (unpaired) electrons. The summed E-state index contributed by atoms with van der Waals surface area (Å²) in [5.74, 6) is 5.97. The van der Waals surface area contributed by atoms with Crippen molar-refractivity contribution in [3.8, 4) is 0 Å². The van der Waals surface area contributed by atoms with Crippen molar-refractivity contribution in [2.24, 2.45) is 11.8 Å². The van der Waals surface area contributed by atoms with Gasteiger partial charge in [0.2, 0.25) is 0 Å². The predicted molar refractivity (Wildman–Crippen MR) is 51.1 cm³/mol. The Morgan fingerprint density at radius 3 is 3.23 bits per heavy atom. The first kappa shape index (κ1) is 9.08. The molecule has 0 aliphatic carbocycles. The van der Waals surface area contributed by atoms with Crippen LogP contribution in [0.5, 0.6) is 0 Å². The molecule has 13 heavy (non-hydrogen) atoms. The molecular formula is C8H13N3OS. The van der Waals surface area contributed by atoms with Crippen LogP contribution in [0, 0.1) is 5.92 Å². The zero-order valence-corrected chi connectivity index (χ0v) is 8.09. The third-order valence-electron chi connectivity index (χ3n) is 2.39. The van der Waals surface area contributed by atoms with Crippen LogP contribution in [0.1, 0.15) is 18.2 Å². The van der Waals surface area contributed by atoms with E-state index in [1.165, 1.54) is 0 Å². The lowest BCUT2D eigenvalue weighted by Gasteiger charge is -2.18. The van der Waals surface area contributed by atoms with Gasteiger partial charge < -0.3 is 4.74 Å². The van der Waals surface area contributed by atoms with E-state index in [9.17, 15) is 0 Å². The Kier molecular flexibility index (Phi) is 2.90. The number of nitrogens with two attached hydrogens (primary N) is 1. The van der Waals surface area contributed by atoms with E-state index in [0.29, 0.717) is 5.92 Å². The van der Waals surface area contributed by atoms with E-state index in [4.69, 9.17) is 10.6 Å². The average Bonchev–Trinajstić information content (AvgIpc) is 2.76. The Hall–Kier alpha value is -0.490. The molecule has 0 amide bonds. The van der Waals surface area contributed by atoms with Crippen molar-refractivity contribution >= 4 is 11.3 Å². The first-order valence-electron chi connectivity index (χ1n) is 4.34. The molecule has 0 bridgehead atoms. The van der Waals surface area contributed by atoms with Crippen molar-refractivity contribution in [3.63, 3.8) is 0 Å². The number of aromatic nitrogens is 1. The molecule has 2 unspecified atom stereocenters. The van der Waals surface area contributed by atoms with Gasteiger partial charge in [0, 0.05) is 17.9 Å². The van der Waals surface area contributed by atoms with Gasteiger partial charge in [-0.1, -0.05) is 0 Å². The Morgan fingerprint density at radius 2 is 2.69 bits per heavy atom. The number of nitrogens with zero attached hydrogens (tertiary/aromatic N) is 1. The van der Waals surface area contributed by atoms with Crippen LogP contribution >= 0.6 is 11.3 Å². The maximum atomic E-state index is 5.50. The topological polar surface area (TPSA) is 60.2 Å². The highest BCUT2D eigenvalue weighted by molar-refractivity contribution is 7.07. The fourth-order valence-corrected chi connectivity index (χ4v) is 2.24. The smallest absolute Gasteiger partial charge is 0.0795 e. The normalized spacial score (nSPS) is 24.8. The third-order valence-corrected chi connectivity index (χ3v) is 2.99. The first-order valence-corrected chi connectivity index (χ1v) is 5.28. The van der Waals surface area contributed by atoms with Gasteiger partial charge >= 0.3 is 0 Å². The van der Waals surface area contributed by atoms with Crippen LogP contribution in [0.25, 0.3) is 0 Å². The van der Waals surface area contributed by atoms with E-state index < -0.39 is 0 Å². The van der Waals surface area contributed by atoms with Gasteiger partial charge in [0.1, 0.15) is 0 Å². The molecule has 3 N–H and O–H groups in total. The van der Waals surface area contributed by atoms with Crippen LogP contribution in [0.2, 0.25) is 0 Å². The van der Waals surface area contributed by atoms with Gasteiger partial charge in [-0.2, -0.15) is 0 Å². The fourth-order valence-electron chi connectivity index (χ4n) is 1.65. The van der Waals surface area contributed by atoms with Crippen molar-refractivity contribution in [2.45, 2.75) is 12.5 Å². The van der Waals surface area contributed by atoms with Gasteiger partial charge in [-0.3, -0.25) is 11.3 Å². The van der Waals surface area contributed by atoms with Gasteiger partial charge in [-0.15, -0.1) is 11.3 Å². The van der Waals surface area contributed by atoms with E-state index in [1.807, 2.05) is 10.9 Å². The van der Waals surface area contributed by atoms with Crippen molar-refractivity contribution in [1.29, 1.82) is 0 Å². The second-order valence-corrected chi connectivity index (χ2v) is 3.90. The highest BCUT2D eigenvalue weighted by Crippen LogP contribution is 2.27. The summed E-state index contributed by atoms with van der Waals surface area (Å²) < 4.78 is 5.32. The minimum Gasteiger partial charge on any atom is -0.381 e. The Bertz CT molecular complexity index is 246. The summed E-state index contributed by atoms with van der Waals surface area (Å²) in [4.78, 5) is 4.25. The number of thiazole rings is 1. The summed E-state index contributed by atoms with van der Waals surface area (Å²) in [6, 6.07) is 0.147. The molecular weight excluding hydrogens is 186 g/mol. The molecule has 0 spiro atoms. The molecule has 1 saturated heterocycles. The molecule has 1 aromatic rings. The first-order chi connectivity index (χ1) is 6.42. The van der Waals surface area contributed by atoms with Gasteiger partial charge in [-0.05, 0) is 6.42 Å². The van der Waals surface area contributed by atoms with Crippen molar-refractivity contribution in [1.82, 2.24) is 10.4 Å². The maximum absolute atomic E-state index is 5.50. The highest BCUT2D eigenvalue weighted by Gasteiger charge is 2.27. The second-order valence-electron chi connectivity index (χ2n) is 3.18. The predicted octanol–water partition coefficient (Wildman–Crippen LogP) is 0.684. The van der Waals surface area contributed by atoms with Crippen LogP contribution < -0.4 is 11.3 Å². The average molecular weight is 199 g/mol. The molecule has 2 heterocycles. The highest BCUT2D eigenvalue weighted by atomic mass is 32.1. The van der Waals surface area contributed by atoms with Crippen molar-refractivity contribution < 1.29 is 4.74 Å². The van der Waals surface area contributed by atoms with Crippen LogP contribution in [0.15, 0.2) is 10.9 Å². The molecule has 1 aliphatic heterocycles. The van der Waals surface area contributed by atoms with E-state index in [0.717, 1.165) is 25.3 Å². The standard InChI is InChI=1S/C8H13N3OS/c9-11-8(6-1-2-12-3-6)7-4-13-5-10-7/h4-6,8,11H,1-3,9H2. The fraction of sp³-hybridized carbons (Fsp3) is 0.625. The van der Waals surface area contributed by atoms with Crippen molar-refractivity contribution in [2.75, 3.05) is 13.2 Å². The Balaban J connectivity index is 2.08. The summed E-state index contributed by atoms with van der Waals surface area (Å²) in [6.07, 6.45) is 1.06. The molecule has 5 heteroatoms. The maximum Gasteiger partial charge on any atom is 0.0795 e. The molecule has 2 rings (SSSR count). The Labute approximate surface area is 81.1 Å². The molecule has 0 aromatic carbocycles. The second kappa shape index (κ2) is 4.15. The van der Waals surface area contributed by atoms with E-state index >= 15 is 0 Å². The van der Waals surface area contributed by atoms with Crippen LogP contribution in [-0.4, -0.2) is 18.2 Å². The molecule has 1 fully saturated rings. The lowest BCUT2D eigenvalue weighted by Crippen LogP contribution is -2.34. The van der Waals surface area contributed by atoms with Crippen LogP contribution in [0.3, 0.4) is 0 Å². The third kappa shape index (κ3) is 1.88. The van der Waals surface area contributed by atoms with Gasteiger partial charge in [0.05, 0.1) is 23.9 Å². The van der Waals surface area contributed by atoms with E-state index in [-0.39, 0.29) is 6.04 Å². The number of hydrazine groups is 1. The van der Waals surface area contributed by atoms with E-state index in [1.54, 1.807) is 11.3 Å². The lowest BCUT2D eigenvalue weighted by molar-refractivity contribution is 0.176. The number of hydrogen-bond donors (Lipinski definition) is 2. The van der Waals surface area contributed by atoms with Crippen LogP contribution in [-0.2, 0) is 4.74 Å². The molecule has 1 aromatic heterocycles. The minimum absolute atomic E-state index is 0.147. The van der Waals surface area contributed by atoms with Gasteiger partial charge in [0.15, 0.2) is 0 Å². The zero-order valence-electron chi connectivity index (χ0n) is 7.27. The molecule has 2 atom stereocenters. The molecule has 4 nitrogen and oxygen atoms in total. The Morgan fingerprint density at radius 1 is 1.77 bits per heavy atom. The largest absolute Gasteiger partial charge is 0.381 e. The summed E-state index contributed by atoms with van der Waals surface area (Å²) in [6.45, 7) is 1.62. The minimum atomic E-state index is 0.147. The van der Waals surface area contributed by atoms with Crippen molar-refractivity contribution in [3.05, 3.63) is 16.6 Å².